The molecule has 7 nitrogen and oxygen atoms in total. The van der Waals surface area contributed by atoms with Crippen molar-refractivity contribution in [3.05, 3.63) is 34.3 Å². The number of nitrogens with one attached hydrogen (secondary N) is 2. The van der Waals surface area contributed by atoms with Crippen molar-refractivity contribution >= 4 is 23.0 Å². The molecule has 0 atom stereocenters. The van der Waals surface area contributed by atoms with E-state index in [0.29, 0.717) is 16.7 Å². The van der Waals surface area contributed by atoms with E-state index in [1.165, 1.54) is 0 Å². The van der Waals surface area contributed by atoms with Gasteiger partial charge in [-0.1, -0.05) is 6.07 Å². The zero-order valence-corrected chi connectivity index (χ0v) is 10.2. The molecule has 1 heterocycles. The molecule has 1 aromatic heterocycles. The lowest BCUT2D eigenvalue weighted by molar-refractivity contribution is -0.154. The first-order valence-electron chi connectivity index (χ1n) is 5.67. The molecular formula is C12H12N2O5. The molecule has 2 rings (SSSR count). The van der Waals surface area contributed by atoms with Crippen LogP contribution in [0.25, 0.3) is 11.1 Å². The van der Waals surface area contributed by atoms with Crippen LogP contribution < -0.4 is 11.1 Å². The van der Waals surface area contributed by atoms with Crippen LogP contribution in [0.2, 0.25) is 0 Å². The summed E-state index contributed by atoms with van der Waals surface area (Å²) in [5.41, 5.74) is 1.67. The normalized spacial score (nSPS) is 10.4. The van der Waals surface area contributed by atoms with Gasteiger partial charge in [0, 0.05) is 6.54 Å². The molecule has 0 radical (unpaired) electrons. The molecule has 2 aromatic rings. The predicted molar refractivity (Wildman–Crippen MR) is 65.3 cm³/mol. The fraction of sp³-hybridized carbons (Fsp3) is 0.250. The second kappa shape index (κ2) is 5.38. The summed E-state index contributed by atoms with van der Waals surface area (Å²) < 4.78 is 9.44. The van der Waals surface area contributed by atoms with E-state index in [4.69, 9.17) is 4.42 Å². The Labute approximate surface area is 107 Å². The van der Waals surface area contributed by atoms with E-state index in [2.05, 4.69) is 15.0 Å². The van der Waals surface area contributed by atoms with Gasteiger partial charge >= 0.3 is 17.6 Å². The molecule has 1 aromatic carbocycles. The van der Waals surface area contributed by atoms with Gasteiger partial charge < -0.3 is 14.5 Å². The topological polar surface area (TPSA) is 101 Å². The second-order valence-corrected chi connectivity index (χ2v) is 3.75. The highest BCUT2D eigenvalue weighted by molar-refractivity contribution is 6.32. The third-order valence-corrected chi connectivity index (χ3v) is 2.40. The van der Waals surface area contributed by atoms with Crippen molar-refractivity contribution in [3.8, 4) is 0 Å². The maximum absolute atomic E-state index is 11.3. The van der Waals surface area contributed by atoms with Crippen molar-refractivity contribution < 1.29 is 18.7 Å². The highest BCUT2D eigenvalue weighted by atomic mass is 16.5. The monoisotopic (exact) mass is 264 g/mol. The first kappa shape index (κ1) is 12.9. The maximum atomic E-state index is 11.3. The Kier molecular flexibility index (Phi) is 3.65. The van der Waals surface area contributed by atoms with Crippen LogP contribution in [-0.2, 0) is 20.9 Å². The van der Waals surface area contributed by atoms with E-state index in [-0.39, 0.29) is 13.2 Å². The summed E-state index contributed by atoms with van der Waals surface area (Å²) >= 11 is 0. The summed E-state index contributed by atoms with van der Waals surface area (Å²) in [7, 11) is 0. The number of hydrogen-bond acceptors (Lipinski definition) is 5. The Morgan fingerprint density at radius 3 is 2.95 bits per heavy atom. The van der Waals surface area contributed by atoms with Crippen LogP contribution in [0, 0.1) is 0 Å². The van der Waals surface area contributed by atoms with E-state index in [9.17, 15) is 14.4 Å². The molecule has 0 aliphatic carbocycles. The number of oxazole rings is 1. The first-order valence-corrected chi connectivity index (χ1v) is 5.67. The third-order valence-electron chi connectivity index (χ3n) is 2.40. The molecule has 0 aliphatic heterocycles. The van der Waals surface area contributed by atoms with Crippen molar-refractivity contribution in [3.63, 3.8) is 0 Å². The van der Waals surface area contributed by atoms with Gasteiger partial charge in [0.25, 0.3) is 0 Å². The van der Waals surface area contributed by atoms with Crippen LogP contribution in [0.4, 0.5) is 0 Å². The number of fused-ring (bicyclic) bond motifs is 1. The van der Waals surface area contributed by atoms with Gasteiger partial charge in [-0.25, -0.2) is 9.59 Å². The second-order valence-electron chi connectivity index (χ2n) is 3.75. The van der Waals surface area contributed by atoms with E-state index >= 15 is 0 Å². The average molecular weight is 264 g/mol. The highest BCUT2D eigenvalue weighted by Gasteiger charge is 2.13. The van der Waals surface area contributed by atoms with Gasteiger partial charge in [0.1, 0.15) is 0 Å². The lowest BCUT2D eigenvalue weighted by Crippen LogP contribution is -2.32. The SMILES string of the molecule is CCOC(=O)C(=O)NCc1ccc2[nH]c(=O)oc2c1. The van der Waals surface area contributed by atoms with E-state index in [0.717, 1.165) is 0 Å². The Balaban J connectivity index is 2.03. The average Bonchev–Trinajstić information content (AvgIpc) is 2.75. The maximum Gasteiger partial charge on any atom is 0.417 e. The number of benzene rings is 1. The number of rotatable bonds is 3. The molecule has 0 saturated carbocycles. The quantitative estimate of drug-likeness (QED) is 0.613. The van der Waals surface area contributed by atoms with Crippen LogP contribution in [-0.4, -0.2) is 23.5 Å². The van der Waals surface area contributed by atoms with Gasteiger partial charge in [0.15, 0.2) is 5.58 Å². The highest BCUT2D eigenvalue weighted by Crippen LogP contribution is 2.11. The van der Waals surface area contributed by atoms with Crippen molar-refractivity contribution in [2.45, 2.75) is 13.5 Å². The summed E-state index contributed by atoms with van der Waals surface area (Å²) in [6.07, 6.45) is 0. The van der Waals surface area contributed by atoms with Gasteiger partial charge in [0.05, 0.1) is 12.1 Å². The number of hydrogen-bond donors (Lipinski definition) is 2. The van der Waals surface area contributed by atoms with E-state index < -0.39 is 17.6 Å². The summed E-state index contributed by atoms with van der Waals surface area (Å²) in [6.45, 7) is 1.90. The zero-order valence-electron chi connectivity index (χ0n) is 10.2. The number of aromatic nitrogens is 1. The van der Waals surface area contributed by atoms with Crippen LogP contribution in [0.1, 0.15) is 12.5 Å². The largest absolute Gasteiger partial charge is 0.459 e. The molecule has 19 heavy (non-hydrogen) atoms. The molecule has 1 amide bonds. The summed E-state index contributed by atoms with van der Waals surface area (Å²) in [6, 6.07) is 4.98. The Bertz CT molecular complexity index is 670. The smallest absolute Gasteiger partial charge is 0.417 e. The van der Waals surface area contributed by atoms with Crippen LogP contribution in [0.15, 0.2) is 27.4 Å². The zero-order chi connectivity index (χ0) is 13.8. The molecular weight excluding hydrogens is 252 g/mol. The third kappa shape index (κ3) is 3.01. The number of amides is 1. The number of esters is 1. The Morgan fingerprint density at radius 1 is 1.42 bits per heavy atom. The molecule has 0 bridgehead atoms. The molecule has 100 valence electrons. The van der Waals surface area contributed by atoms with Crippen molar-refractivity contribution in [2.24, 2.45) is 0 Å². The molecule has 0 fully saturated rings. The molecule has 7 heteroatoms. The molecule has 0 saturated heterocycles. The van der Waals surface area contributed by atoms with Gasteiger partial charge in [-0.2, -0.15) is 0 Å². The number of carbonyl (C=O) groups is 2. The fourth-order valence-electron chi connectivity index (χ4n) is 1.55. The number of aromatic amines is 1. The standard InChI is InChI=1S/C12H12N2O5/c1-2-18-11(16)10(15)13-6-7-3-4-8-9(5-7)19-12(17)14-8/h3-5H,2,6H2,1H3,(H,13,15)(H,14,17). The minimum Gasteiger partial charge on any atom is -0.459 e. The number of carbonyl (C=O) groups excluding carboxylic acids is 2. The number of H-pyrrole nitrogens is 1. The lowest BCUT2D eigenvalue weighted by atomic mass is 10.2. The van der Waals surface area contributed by atoms with Gasteiger partial charge in [0.2, 0.25) is 0 Å². The van der Waals surface area contributed by atoms with Crippen molar-refractivity contribution in [1.82, 2.24) is 10.3 Å². The van der Waals surface area contributed by atoms with Crippen LogP contribution in [0.3, 0.4) is 0 Å². The summed E-state index contributed by atoms with van der Waals surface area (Å²) in [5, 5.41) is 2.41. The van der Waals surface area contributed by atoms with Crippen LogP contribution in [0.5, 0.6) is 0 Å². The van der Waals surface area contributed by atoms with Gasteiger partial charge in [-0.15, -0.1) is 0 Å². The lowest BCUT2D eigenvalue weighted by Gasteiger charge is -2.04. The predicted octanol–water partition coefficient (Wildman–Crippen LogP) is 0.300. The minimum absolute atomic E-state index is 0.141. The molecule has 2 N–H and O–H groups in total. The van der Waals surface area contributed by atoms with Gasteiger partial charge in [-0.3, -0.25) is 9.78 Å². The minimum atomic E-state index is -0.920. The fourth-order valence-corrected chi connectivity index (χ4v) is 1.55. The summed E-state index contributed by atoms with van der Waals surface area (Å²) in [5.74, 6) is -2.27. The van der Waals surface area contributed by atoms with Crippen molar-refractivity contribution in [2.75, 3.05) is 6.61 Å². The van der Waals surface area contributed by atoms with E-state index in [1.54, 1.807) is 25.1 Å². The summed E-state index contributed by atoms with van der Waals surface area (Å²) in [4.78, 5) is 35.9. The first-order chi connectivity index (χ1) is 9.10. The number of ether oxygens (including phenoxy) is 1. The Morgan fingerprint density at radius 2 is 2.21 bits per heavy atom. The molecule has 0 aliphatic rings. The van der Waals surface area contributed by atoms with E-state index in [1.807, 2.05) is 0 Å². The van der Waals surface area contributed by atoms with Crippen LogP contribution >= 0.6 is 0 Å². The van der Waals surface area contributed by atoms with Gasteiger partial charge in [-0.05, 0) is 24.6 Å². The van der Waals surface area contributed by atoms with Crippen molar-refractivity contribution in [1.29, 1.82) is 0 Å². The molecule has 0 spiro atoms. The molecule has 0 unspecified atom stereocenters. The Hall–Kier alpha value is -2.57.